The zero-order chi connectivity index (χ0) is 11.4. The Morgan fingerprint density at radius 2 is 2.00 bits per heavy atom. The number of halogens is 1. The van der Waals surface area contributed by atoms with Gasteiger partial charge in [0.2, 0.25) is 0 Å². The first kappa shape index (κ1) is 10.8. The van der Waals surface area contributed by atoms with E-state index < -0.39 is 0 Å². The highest BCUT2D eigenvalue weighted by atomic mass is 19.1. The third-order valence-electron chi connectivity index (χ3n) is 2.57. The van der Waals surface area contributed by atoms with Crippen molar-refractivity contribution in [2.24, 2.45) is 5.73 Å². The maximum absolute atomic E-state index is 13.1. The van der Waals surface area contributed by atoms with Crippen LogP contribution in [-0.2, 0) is 0 Å². The number of nitrogens with two attached hydrogens (primary N) is 1. The minimum atomic E-state index is -0.236. The predicted octanol–water partition coefficient (Wildman–Crippen LogP) is 2.31. The van der Waals surface area contributed by atoms with Gasteiger partial charge in [-0.1, -0.05) is 18.2 Å². The minimum Gasteiger partial charge on any atom is -0.330 e. The molecule has 0 spiro atoms. The van der Waals surface area contributed by atoms with E-state index in [0.717, 1.165) is 11.1 Å². The van der Waals surface area contributed by atoms with E-state index in [9.17, 15) is 4.39 Å². The third kappa shape index (κ3) is 2.25. The number of hydrogen-bond acceptors (Lipinski definition) is 2. The first-order chi connectivity index (χ1) is 7.81. The summed E-state index contributed by atoms with van der Waals surface area (Å²) in [5.41, 5.74) is 7.63. The highest BCUT2D eigenvalue weighted by Crippen LogP contribution is 2.23. The summed E-state index contributed by atoms with van der Waals surface area (Å²) < 4.78 is 13.1. The third-order valence-corrected chi connectivity index (χ3v) is 2.57. The maximum atomic E-state index is 13.1. The van der Waals surface area contributed by atoms with Crippen LogP contribution >= 0.6 is 0 Å². The number of pyridine rings is 1. The van der Waals surface area contributed by atoms with Gasteiger partial charge in [-0.3, -0.25) is 4.98 Å². The number of hydrogen-bond donors (Lipinski definition) is 1. The van der Waals surface area contributed by atoms with Gasteiger partial charge in [0.25, 0.3) is 0 Å². The molecule has 0 saturated heterocycles. The van der Waals surface area contributed by atoms with Crippen molar-refractivity contribution in [3.05, 3.63) is 65.7 Å². The molecule has 16 heavy (non-hydrogen) atoms. The molecule has 1 atom stereocenters. The van der Waals surface area contributed by atoms with Crippen LogP contribution in [0.4, 0.5) is 4.39 Å². The molecule has 2 N–H and O–H groups in total. The molecular formula is C13H13FN2. The largest absolute Gasteiger partial charge is 0.330 e. The molecule has 82 valence electrons. The Morgan fingerprint density at radius 1 is 1.19 bits per heavy atom. The molecule has 1 heterocycles. The molecule has 0 bridgehead atoms. The van der Waals surface area contributed by atoms with Gasteiger partial charge in [-0.25, -0.2) is 4.39 Å². The van der Waals surface area contributed by atoms with Crippen LogP contribution in [0.3, 0.4) is 0 Å². The van der Waals surface area contributed by atoms with E-state index >= 15 is 0 Å². The summed E-state index contributed by atoms with van der Waals surface area (Å²) in [6, 6.07) is 10.3. The van der Waals surface area contributed by atoms with Crippen LogP contribution in [0.25, 0.3) is 0 Å². The van der Waals surface area contributed by atoms with Crippen molar-refractivity contribution >= 4 is 0 Å². The van der Waals surface area contributed by atoms with E-state index in [0.29, 0.717) is 6.54 Å². The second-order valence-corrected chi connectivity index (χ2v) is 3.63. The number of aromatic nitrogens is 1. The van der Waals surface area contributed by atoms with Gasteiger partial charge in [0.1, 0.15) is 5.82 Å². The fourth-order valence-corrected chi connectivity index (χ4v) is 1.77. The van der Waals surface area contributed by atoms with Crippen molar-refractivity contribution in [1.82, 2.24) is 4.98 Å². The summed E-state index contributed by atoms with van der Waals surface area (Å²) in [5.74, 6) is -0.232. The summed E-state index contributed by atoms with van der Waals surface area (Å²) in [6.07, 6.45) is 3.48. The van der Waals surface area contributed by atoms with Crippen molar-refractivity contribution in [3.8, 4) is 0 Å². The summed E-state index contributed by atoms with van der Waals surface area (Å²) in [4.78, 5) is 4.05. The van der Waals surface area contributed by atoms with E-state index in [1.54, 1.807) is 18.5 Å². The van der Waals surface area contributed by atoms with Crippen LogP contribution < -0.4 is 5.73 Å². The van der Waals surface area contributed by atoms with E-state index in [4.69, 9.17) is 5.73 Å². The first-order valence-electron chi connectivity index (χ1n) is 5.16. The summed E-state index contributed by atoms with van der Waals surface area (Å²) >= 11 is 0. The Balaban J connectivity index is 2.37. The van der Waals surface area contributed by atoms with Crippen LogP contribution in [-0.4, -0.2) is 11.5 Å². The Morgan fingerprint density at radius 3 is 2.62 bits per heavy atom. The number of rotatable bonds is 3. The molecule has 0 aliphatic rings. The quantitative estimate of drug-likeness (QED) is 0.855. The molecular weight excluding hydrogens is 203 g/mol. The lowest BCUT2D eigenvalue weighted by molar-refractivity contribution is 0.623. The molecule has 2 aromatic rings. The number of benzene rings is 1. The fourth-order valence-electron chi connectivity index (χ4n) is 1.77. The van der Waals surface area contributed by atoms with Crippen LogP contribution in [0.1, 0.15) is 17.0 Å². The Hall–Kier alpha value is -1.74. The van der Waals surface area contributed by atoms with Gasteiger partial charge < -0.3 is 5.73 Å². The van der Waals surface area contributed by atoms with Gasteiger partial charge in [-0.2, -0.15) is 0 Å². The van der Waals surface area contributed by atoms with Crippen molar-refractivity contribution < 1.29 is 4.39 Å². The molecule has 0 amide bonds. The normalized spacial score (nSPS) is 12.4. The summed E-state index contributed by atoms with van der Waals surface area (Å²) in [6.45, 7) is 0.440. The van der Waals surface area contributed by atoms with Gasteiger partial charge in [0, 0.05) is 24.9 Å². The highest BCUT2D eigenvalue weighted by Gasteiger charge is 2.12. The molecule has 0 aliphatic heterocycles. The SMILES string of the molecule is NCC(c1cccnc1)c1cccc(F)c1. The Labute approximate surface area is 93.9 Å². The van der Waals surface area contributed by atoms with E-state index in [1.165, 1.54) is 12.1 Å². The smallest absolute Gasteiger partial charge is 0.123 e. The van der Waals surface area contributed by atoms with E-state index in [2.05, 4.69) is 4.98 Å². The van der Waals surface area contributed by atoms with Crippen molar-refractivity contribution in [3.63, 3.8) is 0 Å². The zero-order valence-corrected chi connectivity index (χ0v) is 8.81. The monoisotopic (exact) mass is 216 g/mol. The van der Waals surface area contributed by atoms with Gasteiger partial charge in [-0.15, -0.1) is 0 Å². The van der Waals surface area contributed by atoms with Crippen molar-refractivity contribution in [2.45, 2.75) is 5.92 Å². The zero-order valence-electron chi connectivity index (χ0n) is 8.81. The molecule has 1 aromatic carbocycles. The summed E-state index contributed by atoms with van der Waals surface area (Å²) in [5, 5.41) is 0. The van der Waals surface area contributed by atoms with Crippen molar-refractivity contribution in [2.75, 3.05) is 6.54 Å². The second kappa shape index (κ2) is 4.86. The Bertz CT molecular complexity index is 456. The van der Waals surface area contributed by atoms with Crippen LogP contribution in [0, 0.1) is 5.82 Å². The van der Waals surface area contributed by atoms with Gasteiger partial charge in [0.05, 0.1) is 0 Å². The van der Waals surface area contributed by atoms with Crippen LogP contribution in [0.2, 0.25) is 0 Å². The maximum Gasteiger partial charge on any atom is 0.123 e. The topological polar surface area (TPSA) is 38.9 Å². The molecule has 1 unspecified atom stereocenters. The standard InChI is InChI=1S/C13H13FN2/c14-12-5-1-3-10(7-12)13(8-15)11-4-2-6-16-9-11/h1-7,9,13H,8,15H2. The lowest BCUT2D eigenvalue weighted by Gasteiger charge is -2.15. The Kier molecular flexibility index (Phi) is 3.27. The van der Waals surface area contributed by atoms with E-state index in [1.807, 2.05) is 18.2 Å². The lowest BCUT2D eigenvalue weighted by Crippen LogP contribution is -2.14. The van der Waals surface area contributed by atoms with E-state index in [-0.39, 0.29) is 11.7 Å². The van der Waals surface area contributed by atoms with Gasteiger partial charge in [-0.05, 0) is 29.3 Å². The highest BCUT2D eigenvalue weighted by molar-refractivity contribution is 5.31. The van der Waals surface area contributed by atoms with Gasteiger partial charge >= 0.3 is 0 Å². The second-order valence-electron chi connectivity index (χ2n) is 3.63. The average molecular weight is 216 g/mol. The molecule has 2 nitrogen and oxygen atoms in total. The van der Waals surface area contributed by atoms with Gasteiger partial charge in [0.15, 0.2) is 0 Å². The summed E-state index contributed by atoms with van der Waals surface area (Å²) in [7, 11) is 0. The van der Waals surface area contributed by atoms with Crippen LogP contribution in [0.5, 0.6) is 0 Å². The van der Waals surface area contributed by atoms with Crippen LogP contribution in [0.15, 0.2) is 48.8 Å². The molecule has 0 radical (unpaired) electrons. The fraction of sp³-hybridized carbons (Fsp3) is 0.154. The molecule has 1 aromatic heterocycles. The predicted molar refractivity (Wildman–Crippen MR) is 61.5 cm³/mol. The average Bonchev–Trinajstić information content (AvgIpc) is 2.31. The van der Waals surface area contributed by atoms with Crippen molar-refractivity contribution in [1.29, 1.82) is 0 Å². The molecule has 0 saturated carbocycles. The molecule has 0 aliphatic carbocycles. The minimum absolute atomic E-state index is 0.00407. The molecule has 2 rings (SSSR count). The number of nitrogens with zero attached hydrogens (tertiary/aromatic N) is 1. The molecule has 3 heteroatoms. The first-order valence-corrected chi connectivity index (χ1v) is 5.16. The molecule has 0 fully saturated rings. The lowest BCUT2D eigenvalue weighted by atomic mass is 9.92.